The summed E-state index contributed by atoms with van der Waals surface area (Å²) < 4.78 is 6.40. The first-order valence-electron chi connectivity index (χ1n) is 9.47. The molecule has 3 heterocycles. The van der Waals surface area contributed by atoms with Gasteiger partial charge in [0.15, 0.2) is 5.13 Å². The molecule has 0 unspecified atom stereocenters. The lowest BCUT2D eigenvalue weighted by molar-refractivity contribution is -0.115. The van der Waals surface area contributed by atoms with E-state index in [4.69, 9.17) is 10.2 Å². The smallest absolute Gasteiger partial charge is 0.226 e. The van der Waals surface area contributed by atoms with Crippen LogP contribution in [0.25, 0.3) is 21.5 Å². The SMILES string of the molecule is Cc1ccc2nc(NC(=O)CCSc3nc(N)c(C#N)c(-c4ccco4)c3C#N)sc2c1. The average Bonchev–Trinajstić information content (AvgIpc) is 3.42. The summed E-state index contributed by atoms with van der Waals surface area (Å²) in [6, 6.07) is 13.3. The first kappa shape index (κ1) is 21.4. The van der Waals surface area contributed by atoms with E-state index in [1.165, 1.54) is 29.4 Å². The van der Waals surface area contributed by atoms with Gasteiger partial charge >= 0.3 is 0 Å². The molecule has 32 heavy (non-hydrogen) atoms. The van der Waals surface area contributed by atoms with Crippen molar-refractivity contribution in [1.29, 1.82) is 10.5 Å². The number of aryl methyl sites for hydroxylation is 1. The van der Waals surface area contributed by atoms with Gasteiger partial charge in [-0.2, -0.15) is 10.5 Å². The number of carbonyl (C=O) groups excluding carboxylic acids is 1. The molecule has 4 rings (SSSR count). The van der Waals surface area contributed by atoms with Gasteiger partial charge in [-0.3, -0.25) is 4.79 Å². The lowest BCUT2D eigenvalue weighted by atomic mass is 10.0. The van der Waals surface area contributed by atoms with Crippen molar-refractivity contribution >= 4 is 50.2 Å². The zero-order valence-corrected chi connectivity index (χ0v) is 18.5. The average molecular weight is 461 g/mol. The van der Waals surface area contributed by atoms with Crippen molar-refractivity contribution in [2.45, 2.75) is 18.4 Å². The van der Waals surface area contributed by atoms with E-state index < -0.39 is 0 Å². The standard InChI is InChI=1S/C22H16N6O2S2/c1-12-4-5-15-17(9-12)32-22(26-15)27-18(29)6-8-31-21-14(11-24)19(16-3-2-7-30-16)13(10-23)20(25)28-21/h2-5,7,9H,6,8H2,1H3,(H2,25,28)(H,26,27,29). The Bertz CT molecular complexity index is 1400. The highest BCUT2D eigenvalue weighted by Crippen LogP contribution is 2.36. The monoisotopic (exact) mass is 460 g/mol. The number of furan rings is 1. The molecule has 10 heteroatoms. The van der Waals surface area contributed by atoms with E-state index in [1.807, 2.05) is 31.2 Å². The number of pyridine rings is 1. The zero-order valence-electron chi connectivity index (χ0n) is 16.9. The maximum atomic E-state index is 12.4. The van der Waals surface area contributed by atoms with E-state index in [9.17, 15) is 15.3 Å². The van der Waals surface area contributed by atoms with Gasteiger partial charge in [-0.15, -0.1) is 11.8 Å². The highest BCUT2D eigenvalue weighted by atomic mass is 32.2. The first-order chi connectivity index (χ1) is 15.5. The molecule has 0 atom stereocenters. The van der Waals surface area contributed by atoms with Gasteiger partial charge in [0, 0.05) is 12.2 Å². The third kappa shape index (κ3) is 4.28. The van der Waals surface area contributed by atoms with Crippen LogP contribution in [-0.2, 0) is 4.79 Å². The minimum Gasteiger partial charge on any atom is -0.464 e. The third-order valence-corrected chi connectivity index (χ3v) is 6.45. The summed E-state index contributed by atoms with van der Waals surface area (Å²) >= 11 is 2.64. The molecule has 1 aromatic carbocycles. The van der Waals surface area contributed by atoms with Gasteiger partial charge in [-0.1, -0.05) is 17.4 Å². The number of amides is 1. The summed E-state index contributed by atoms with van der Waals surface area (Å²) in [7, 11) is 0. The van der Waals surface area contributed by atoms with E-state index in [0.717, 1.165) is 15.8 Å². The van der Waals surface area contributed by atoms with Crippen LogP contribution in [0.3, 0.4) is 0 Å². The number of thiazole rings is 1. The quantitative estimate of drug-likeness (QED) is 0.394. The van der Waals surface area contributed by atoms with Gasteiger partial charge in [0.25, 0.3) is 0 Å². The van der Waals surface area contributed by atoms with E-state index >= 15 is 0 Å². The second-order valence-corrected chi connectivity index (χ2v) is 8.88. The number of thioether (sulfide) groups is 1. The van der Waals surface area contributed by atoms with Crippen LogP contribution in [0.4, 0.5) is 10.9 Å². The molecule has 0 spiro atoms. The molecule has 0 bridgehead atoms. The van der Waals surface area contributed by atoms with Crippen molar-refractivity contribution in [3.05, 3.63) is 53.3 Å². The Kier molecular flexibility index (Phi) is 6.08. The molecule has 0 saturated carbocycles. The Labute approximate surface area is 191 Å². The van der Waals surface area contributed by atoms with Crippen molar-refractivity contribution in [2.75, 3.05) is 16.8 Å². The fourth-order valence-electron chi connectivity index (χ4n) is 3.08. The summed E-state index contributed by atoms with van der Waals surface area (Å²) in [4.78, 5) is 21.0. The van der Waals surface area contributed by atoms with E-state index in [1.54, 1.807) is 12.1 Å². The minimum atomic E-state index is -0.195. The zero-order chi connectivity index (χ0) is 22.7. The number of nitrogens with zero attached hydrogens (tertiary/aromatic N) is 4. The molecule has 0 aliphatic heterocycles. The molecule has 0 aliphatic carbocycles. The summed E-state index contributed by atoms with van der Waals surface area (Å²) in [5, 5.41) is 22.9. The summed E-state index contributed by atoms with van der Waals surface area (Å²) in [5.74, 6) is 0.535. The molecule has 0 radical (unpaired) electrons. The van der Waals surface area contributed by atoms with Crippen LogP contribution >= 0.6 is 23.1 Å². The molecule has 158 valence electrons. The third-order valence-electron chi connectivity index (χ3n) is 4.54. The van der Waals surface area contributed by atoms with Gasteiger partial charge in [0.1, 0.15) is 34.3 Å². The number of benzene rings is 1. The van der Waals surface area contributed by atoms with Crippen LogP contribution in [0.15, 0.2) is 46.0 Å². The fourth-order valence-corrected chi connectivity index (χ4v) is 4.99. The van der Waals surface area contributed by atoms with E-state index in [0.29, 0.717) is 27.2 Å². The number of hydrogen-bond acceptors (Lipinski definition) is 9. The highest BCUT2D eigenvalue weighted by molar-refractivity contribution is 7.99. The molecule has 8 nitrogen and oxygen atoms in total. The predicted molar refractivity (Wildman–Crippen MR) is 124 cm³/mol. The normalized spacial score (nSPS) is 10.6. The number of nitrogens with two attached hydrogens (primary N) is 1. The minimum absolute atomic E-state index is 0.00891. The number of aromatic nitrogens is 2. The topological polar surface area (TPSA) is 142 Å². The van der Waals surface area contributed by atoms with Crippen LogP contribution in [0.1, 0.15) is 23.1 Å². The Morgan fingerprint density at radius 2 is 2.06 bits per heavy atom. The first-order valence-corrected chi connectivity index (χ1v) is 11.3. The van der Waals surface area contributed by atoms with E-state index in [2.05, 4.69) is 21.4 Å². The summed E-state index contributed by atoms with van der Waals surface area (Å²) in [6.45, 7) is 2.01. The Hall–Kier alpha value is -3.86. The van der Waals surface area contributed by atoms with Gasteiger partial charge in [-0.25, -0.2) is 9.97 Å². The second-order valence-electron chi connectivity index (χ2n) is 6.76. The van der Waals surface area contributed by atoms with Crippen LogP contribution in [0.2, 0.25) is 0 Å². The van der Waals surface area contributed by atoms with E-state index in [-0.39, 0.29) is 29.3 Å². The molecule has 0 aliphatic rings. The van der Waals surface area contributed by atoms with Gasteiger partial charge in [0.2, 0.25) is 5.91 Å². The van der Waals surface area contributed by atoms with Crippen LogP contribution < -0.4 is 11.1 Å². The number of rotatable bonds is 6. The molecule has 0 fully saturated rings. The maximum absolute atomic E-state index is 12.4. The Morgan fingerprint density at radius 1 is 1.25 bits per heavy atom. The number of nitriles is 2. The lowest BCUT2D eigenvalue weighted by Crippen LogP contribution is -2.12. The van der Waals surface area contributed by atoms with Gasteiger partial charge in [0.05, 0.1) is 27.6 Å². The van der Waals surface area contributed by atoms with Crippen molar-refractivity contribution in [3.63, 3.8) is 0 Å². The molecule has 4 aromatic rings. The molecule has 3 N–H and O–H groups in total. The van der Waals surface area contributed by atoms with Crippen LogP contribution in [0.5, 0.6) is 0 Å². The van der Waals surface area contributed by atoms with Crippen molar-refractivity contribution < 1.29 is 9.21 Å². The molecule has 0 saturated heterocycles. The summed E-state index contributed by atoms with van der Waals surface area (Å²) in [6.07, 6.45) is 1.64. The fraction of sp³-hybridized carbons (Fsp3) is 0.136. The molecular weight excluding hydrogens is 444 g/mol. The lowest BCUT2D eigenvalue weighted by Gasteiger charge is -2.11. The summed E-state index contributed by atoms with van der Waals surface area (Å²) in [5.41, 5.74) is 8.52. The second kappa shape index (κ2) is 9.10. The number of nitrogens with one attached hydrogen (secondary N) is 1. The van der Waals surface area contributed by atoms with Crippen LogP contribution in [0, 0.1) is 29.6 Å². The molecular formula is C22H16N6O2S2. The van der Waals surface area contributed by atoms with Gasteiger partial charge < -0.3 is 15.5 Å². The molecule has 3 aromatic heterocycles. The highest BCUT2D eigenvalue weighted by Gasteiger charge is 2.22. The maximum Gasteiger partial charge on any atom is 0.226 e. The van der Waals surface area contributed by atoms with Gasteiger partial charge in [-0.05, 0) is 36.8 Å². The van der Waals surface area contributed by atoms with Crippen LogP contribution in [-0.4, -0.2) is 21.6 Å². The number of carbonyl (C=O) groups is 1. The number of hydrogen-bond donors (Lipinski definition) is 2. The predicted octanol–water partition coefficient (Wildman–Crippen LogP) is 4.71. The van der Waals surface area contributed by atoms with Crippen molar-refractivity contribution in [3.8, 4) is 23.5 Å². The van der Waals surface area contributed by atoms with Crippen molar-refractivity contribution in [2.24, 2.45) is 0 Å². The Morgan fingerprint density at radius 3 is 2.78 bits per heavy atom. The molecule has 1 amide bonds. The number of anilines is 2. The largest absolute Gasteiger partial charge is 0.464 e. The van der Waals surface area contributed by atoms with Crippen molar-refractivity contribution in [1.82, 2.24) is 9.97 Å². The number of nitrogen functional groups attached to an aromatic ring is 1. The Balaban J connectivity index is 1.48. The number of fused-ring (bicyclic) bond motifs is 1.